The van der Waals surface area contributed by atoms with Gasteiger partial charge in [-0.2, -0.15) is 5.10 Å². The number of aromatic nitrogens is 3. The number of thioether (sulfide) groups is 1. The predicted octanol–water partition coefficient (Wildman–Crippen LogP) is 1.69. The molecule has 22 heavy (non-hydrogen) atoms. The molecule has 6 heteroatoms. The fourth-order valence-electron chi connectivity index (χ4n) is 2.64. The van der Waals surface area contributed by atoms with Crippen molar-refractivity contribution in [2.75, 3.05) is 45.0 Å². The fraction of sp³-hybridized carbons (Fsp3) is 0.500. The van der Waals surface area contributed by atoms with Crippen LogP contribution in [0.4, 0.5) is 0 Å². The first kappa shape index (κ1) is 15.5. The summed E-state index contributed by atoms with van der Waals surface area (Å²) in [5.74, 6) is 1.17. The number of hydrogen-bond donors (Lipinski definition) is 0. The van der Waals surface area contributed by atoms with Crippen LogP contribution in [0.3, 0.4) is 0 Å². The maximum atomic E-state index is 4.15. The van der Waals surface area contributed by atoms with E-state index in [9.17, 15) is 0 Å². The molecule has 1 aromatic carbocycles. The number of rotatable bonds is 7. The van der Waals surface area contributed by atoms with Crippen LogP contribution < -0.4 is 0 Å². The molecule has 0 atom stereocenters. The Morgan fingerprint density at radius 2 is 1.64 bits per heavy atom. The van der Waals surface area contributed by atoms with Gasteiger partial charge in [-0.1, -0.05) is 18.2 Å². The van der Waals surface area contributed by atoms with Crippen molar-refractivity contribution < 1.29 is 0 Å². The van der Waals surface area contributed by atoms with Crippen LogP contribution in [-0.2, 0) is 6.54 Å². The molecular weight excluding hydrogens is 294 g/mol. The summed E-state index contributed by atoms with van der Waals surface area (Å²) >= 11 is 1.95. The minimum absolute atomic E-state index is 0.934. The maximum Gasteiger partial charge on any atom is 0.137 e. The highest BCUT2D eigenvalue weighted by molar-refractivity contribution is 7.99. The molecule has 2 heterocycles. The van der Waals surface area contributed by atoms with Crippen molar-refractivity contribution in [1.82, 2.24) is 24.6 Å². The largest absolute Gasteiger partial charge is 0.300 e. The second-order valence-corrected chi connectivity index (χ2v) is 6.67. The summed E-state index contributed by atoms with van der Waals surface area (Å²) in [6.07, 6.45) is 3.39. The average molecular weight is 317 g/mol. The molecule has 0 N–H and O–H groups in total. The molecule has 0 spiro atoms. The highest BCUT2D eigenvalue weighted by Gasteiger charge is 2.16. The fourth-order valence-corrected chi connectivity index (χ4v) is 3.57. The van der Waals surface area contributed by atoms with Crippen molar-refractivity contribution in [1.29, 1.82) is 0 Å². The zero-order chi connectivity index (χ0) is 15.0. The van der Waals surface area contributed by atoms with E-state index in [0.717, 1.165) is 26.2 Å². The Kier molecular flexibility index (Phi) is 5.86. The van der Waals surface area contributed by atoms with Gasteiger partial charge in [-0.25, -0.2) is 4.98 Å². The van der Waals surface area contributed by atoms with E-state index in [-0.39, 0.29) is 0 Å². The van der Waals surface area contributed by atoms with Gasteiger partial charge in [0, 0.05) is 49.9 Å². The van der Waals surface area contributed by atoms with Gasteiger partial charge in [0.25, 0.3) is 0 Å². The van der Waals surface area contributed by atoms with Crippen molar-refractivity contribution in [2.24, 2.45) is 0 Å². The Bertz CT molecular complexity index is 523. The molecule has 0 saturated carbocycles. The van der Waals surface area contributed by atoms with E-state index < -0.39 is 0 Å². The van der Waals surface area contributed by atoms with Gasteiger partial charge in [-0.3, -0.25) is 14.5 Å². The second-order valence-electron chi connectivity index (χ2n) is 5.50. The molecule has 1 fully saturated rings. The molecular formula is C16H23N5S. The quantitative estimate of drug-likeness (QED) is 0.727. The molecule has 1 aromatic heterocycles. The van der Waals surface area contributed by atoms with Gasteiger partial charge < -0.3 is 0 Å². The second kappa shape index (κ2) is 8.31. The molecule has 2 aromatic rings. The molecule has 3 rings (SSSR count). The summed E-state index contributed by atoms with van der Waals surface area (Å²) in [7, 11) is 0. The molecule has 0 aliphatic carbocycles. The summed E-state index contributed by atoms with van der Waals surface area (Å²) < 4.78 is 1.91. The minimum Gasteiger partial charge on any atom is -0.300 e. The molecule has 0 bridgehead atoms. The van der Waals surface area contributed by atoms with Crippen molar-refractivity contribution >= 4 is 11.8 Å². The number of nitrogens with zero attached hydrogens (tertiary/aromatic N) is 5. The monoisotopic (exact) mass is 317 g/mol. The van der Waals surface area contributed by atoms with Crippen molar-refractivity contribution in [3.05, 3.63) is 43.0 Å². The molecule has 0 radical (unpaired) electrons. The summed E-state index contributed by atoms with van der Waals surface area (Å²) in [6.45, 7) is 7.84. The third-order valence-electron chi connectivity index (χ3n) is 4.00. The van der Waals surface area contributed by atoms with Crippen molar-refractivity contribution in [2.45, 2.75) is 11.4 Å². The van der Waals surface area contributed by atoms with E-state index in [4.69, 9.17) is 0 Å². The van der Waals surface area contributed by atoms with Gasteiger partial charge in [-0.15, -0.1) is 11.8 Å². The third-order valence-corrected chi connectivity index (χ3v) is 4.99. The Balaban J connectivity index is 1.30. The van der Waals surface area contributed by atoms with E-state index in [2.05, 4.69) is 50.2 Å². The lowest BCUT2D eigenvalue weighted by atomic mass is 10.3. The third kappa shape index (κ3) is 4.83. The molecule has 1 saturated heterocycles. The topological polar surface area (TPSA) is 37.2 Å². The van der Waals surface area contributed by atoms with E-state index in [1.165, 1.54) is 30.3 Å². The molecule has 118 valence electrons. The predicted molar refractivity (Wildman–Crippen MR) is 90.1 cm³/mol. The Hall–Kier alpha value is -1.37. The van der Waals surface area contributed by atoms with Crippen LogP contribution in [0.5, 0.6) is 0 Å². The molecule has 1 aliphatic rings. The highest BCUT2D eigenvalue weighted by atomic mass is 32.2. The first-order chi connectivity index (χ1) is 10.9. The van der Waals surface area contributed by atoms with Crippen LogP contribution in [0.2, 0.25) is 0 Å². The lowest BCUT2D eigenvalue weighted by molar-refractivity contribution is 0.133. The van der Waals surface area contributed by atoms with Crippen molar-refractivity contribution in [3.8, 4) is 0 Å². The average Bonchev–Trinajstić information content (AvgIpc) is 3.09. The highest BCUT2D eigenvalue weighted by Crippen LogP contribution is 2.17. The zero-order valence-corrected chi connectivity index (χ0v) is 13.7. The van der Waals surface area contributed by atoms with Crippen LogP contribution in [0.1, 0.15) is 0 Å². The minimum atomic E-state index is 0.934. The van der Waals surface area contributed by atoms with Gasteiger partial charge >= 0.3 is 0 Å². The summed E-state index contributed by atoms with van der Waals surface area (Å²) in [6, 6.07) is 10.7. The van der Waals surface area contributed by atoms with E-state index >= 15 is 0 Å². The smallest absolute Gasteiger partial charge is 0.137 e. The van der Waals surface area contributed by atoms with Crippen LogP contribution in [-0.4, -0.2) is 69.6 Å². The molecule has 0 unspecified atom stereocenters. The van der Waals surface area contributed by atoms with Crippen LogP contribution in [0, 0.1) is 0 Å². The Morgan fingerprint density at radius 1 is 0.909 bits per heavy atom. The number of benzene rings is 1. The zero-order valence-electron chi connectivity index (χ0n) is 12.8. The number of hydrogen-bond acceptors (Lipinski definition) is 5. The normalized spacial score (nSPS) is 16.9. The van der Waals surface area contributed by atoms with Crippen LogP contribution in [0.15, 0.2) is 47.9 Å². The maximum absolute atomic E-state index is 4.15. The summed E-state index contributed by atoms with van der Waals surface area (Å²) in [5, 5.41) is 4.15. The van der Waals surface area contributed by atoms with Crippen molar-refractivity contribution in [3.63, 3.8) is 0 Å². The van der Waals surface area contributed by atoms with Gasteiger partial charge in [-0.05, 0) is 12.1 Å². The number of piperazine rings is 1. The van der Waals surface area contributed by atoms with Gasteiger partial charge in [0.05, 0.1) is 6.54 Å². The van der Waals surface area contributed by atoms with E-state index in [1.807, 2.05) is 16.4 Å². The van der Waals surface area contributed by atoms with E-state index in [1.54, 1.807) is 12.7 Å². The lowest BCUT2D eigenvalue weighted by Crippen LogP contribution is -2.47. The molecule has 1 aliphatic heterocycles. The summed E-state index contributed by atoms with van der Waals surface area (Å²) in [5.41, 5.74) is 0. The SMILES string of the molecule is c1ccc(SCCN2CCN(CCn3cncn3)CC2)cc1. The first-order valence-corrected chi connectivity index (χ1v) is 8.84. The van der Waals surface area contributed by atoms with Crippen LogP contribution >= 0.6 is 11.8 Å². The van der Waals surface area contributed by atoms with E-state index in [0.29, 0.717) is 0 Å². The van der Waals surface area contributed by atoms with Gasteiger partial charge in [0.15, 0.2) is 0 Å². The van der Waals surface area contributed by atoms with Gasteiger partial charge in [0.2, 0.25) is 0 Å². The lowest BCUT2D eigenvalue weighted by Gasteiger charge is -2.34. The standard InChI is InChI=1S/C16H23N5S/c1-2-4-16(5-3-1)22-13-12-20-8-6-19(7-9-20)10-11-21-15-17-14-18-21/h1-5,14-15H,6-13H2. The Morgan fingerprint density at radius 3 is 2.32 bits per heavy atom. The molecule has 0 amide bonds. The molecule has 5 nitrogen and oxygen atoms in total. The van der Waals surface area contributed by atoms with Crippen LogP contribution in [0.25, 0.3) is 0 Å². The van der Waals surface area contributed by atoms with Gasteiger partial charge in [0.1, 0.15) is 12.7 Å². The first-order valence-electron chi connectivity index (χ1n) is 7.85. The Labute approximate surface area is 136 Å². The summed E-state index contributed by atoms with van der Waals surface area (Å²) in [4.78, 5) is 10.4.